The summed E-state index contributed by atoms with van der Waals surface area (Å²) in [5, 5.41) is 5.05. The van der Waals surface area contributed by atoms with Crippen molar-refractivity contribution in [2.45, 2.75) is 38.5 Å². The molecule has 3 heteroatoms. The van der Waals surface area contributed by atoms with Crippen molar-refractivity contribution < 1.29 is 0 Å². The highest BCUT2D eigenvalue weighted by molar-refractivity contribution is 6.16. The SMILES string of the molecule is CC1(C)c2ccc3c4ccccc4n(-c4nc5ccccc5nc4-c4ccccc4)c3c2-c2ccc3ccccc3c2C1(C)C. The molecule has 216 valence electrons. The second kappa shape index (κ2) is 9.12. The first-order valence-electron chi connectivity index (χ1n) is 15.8. The summed E-state index contributed by atoms with van der Waals surface area (Å²) < 4.78 is 2.40. The summed E-state index contributed by atoms with van der Waals surface area (Å²) in [6.45, 7) is 9.67. The monoisotopic (exact) mass is 579 g/mol. The number of aromatic nitrogens is 3. The molecule has 0 fully saturated rings. The van der Waals surface area contributed by atoms with Gasteiger partial charge in [0.1, 0.15) is 5.69 Å². The van der Waals surface area contributed by atoms with E-state index in [-0.39, 0.29) is 10.8 Å². The summed E-state index contributed by atoms with van der Waals surface area (Å²) in [7, 11) is 0. The van der Waals surface area contributed by atoms with E-state index in [9.17, 15) is 0 Å². The molecule has 1 aliphatic carbocycles. The van der Waals surface area contributed by atoms with E-state index in [0.29, 0.717) is 0 Å². The molecule has 0 spiro atoms. The van der Waals surface area contributed by atoms with Gasteiger partial charge in [-0.05, 0) is 51.1 Å². The van der Waals surface area contributed by atoms with Crippen LogP contribution in [0.15, 0.2) is 127 Å². The van der Waals surface area contributed by atoms with Gasteiger partial charge in [-0.2, -0.15) is 0 Å². The maximum Gasteiger partial charge on any atom is 0.165 e. The highest BCUT2D eigenvalue weighted by atomic mass is 15.1. The van der Waals surface area contributed by atoms with Crippen LogP contribution in [-0.4, -0.2) is 14.5 Å². The van der Waals surface area contributed by atoms with Gasteiger partial charge >= 0.3 is 0 Å². The topological polar surface area (TPSA) is 30.7 Å². The van der Waals surface area contributed by atoms with Crippen molar-refractivity contribution in [3.05, 3.63) is 139 Å². The Morgan fingerprint density at radius 2 is 1.20 bits per heavy atom. The molecule has 2 aromatic heterocycles. The second-order valence-electron chi connectivity index (χ2n) is 13.4. The van der Waals surface area contributed by atoms with Gasteiger partial charge in [0.05, 0.1) is 22.1 Å². The predicted octanol–water partition coefficient (Wildman–Crippen LogP) is 10.8. The highest BCUT2D eigenvalue weighted by Gasteiger charge is 2.47. The van der Waals surface area contributed by atoms with Crippen molar-refractivity contribution in [2.75, 3.05) is 0 Å². The number of nitrogens with zero attached hydrogens (tertiary/aromatic N) is 3. The molecule has 8 aromatic rings. The molecule has 0 bridgehead atoms. The lowest BCUT2D eigenvalue weighted by Gasteiger charge is -2.49. The van der Waals surface area contributed by atoms with E-state index < -0.39 is 0 Å². The minimum absolute atomic E-state index is 0.112. The highest BCUT2D eigenvalue weighted by Crippen LogP contribution is 2.58. The van der Waals surface area contributed by atoms with E-state index in [1.54, 1.807) is 0 Å². The summed E-state index contributed by atoms with van der Waals surface area (Å²) in [6.07, 6.45) is 0. The molecule has 0 unspecified atom stereocenters. The largest absolute Gasteiger partial charge is 0.291 e. The van der Waals surface area contributed by atoms with Gasteiger partial charge < -0.3 is 0 Å². The van der Waals surface area contributed by atoms with Crippen LogP contribution in [0.4, 0.5) is 0 Å². The number of hydrogen-bond donors (Lipinski definition) is 0. The third-order valence-corrected chi connectivity index (χ3v) is 10.7. The Morgan fingerprint density at radius 3 is 2.00 bits per heavy atom. The lowest BCUT2D eigenvalue weighted by atomic mass is 9.54. The second-order valence-corrected chi connectivity index (χ2v) is 13.4. The first kappa shape index (κ1) is 26.2. The standard InChI is InChI=1S/C42H33N3/c1-41(2)32-25-24-30-29-18-10-13-21-35(29)45(40-38(27-15-6-5-7-16-27)43-33-19-11-12-20-34(33)44-40)39(30)36(32)31-23-22-26-14-8-9-17-28(26)37(31)42(41,3)4/h5-25H,1-4H3. The zero-order chi connectivity index (χ0) is 30.5. The van der Waals surface area contributed by atoms with Gasteiger partial charge in [-0.15, -0.1) is 0 Å². The molecular weight excluding hydrogens is 546 g/mol. The molecule has 0 N–H and O–H groups in total. The summed E-state index contributed by atoms with van der Waals surface area (Å²) in [4.78, 5) is 10.7. The van der Waals surface area contributed by atoms with Gasteiger partial charge in [-0.1, -0.05) is 137 Å². The van der Waals surface area contributed by atoms with Gasteiger partial charge in [0.25, 0.3) is 0 Å². The summed E-state index contributed by atoms with van der Waals surface area (Å²) >= 11 is 0. The molecule has 6 aromatic carbocycles. The molecular formula is C42H33N3. The molecule has 2 heterocycles. The Kier molecular flexibility index (Phi) is 5.30. The van der Waals surface area contributed by atoms with Gasteiger partial charge in [0, 0.05) is 27.3 Å². The lowest BCUT2D eigenvalue weighted by molar-refractivity contribution is 0.301. The Bertz CT molecular complexity index is 2480. The quantitative estimate of drug-likeness (QED) is 0.204. The normalized spacial score (nSPS) is 15.0. The third kappa shape index (κ3) is 3.47. The molecule has 0 aliphatic heterocycles. The first-order valence-corrected chi connectivity index (χ1v) is 15.8. The Labute approximate surface area is 262 Å². The maximum atomic E-state index is 5.41. The molecule has 0 saturated carbocycles. The van der Waals surface area contributed by atoms with Crippen molar-refractivity contribution >= 4 is 43.6 Å². The average Bonchev–Trinajstić information content (AvgIpc) is 3.41. The summed E-state index contributed by atoms with van der Waals surface area (Å²) in [5.74, 6) is 0.851. The fourth-order valence-corrected chi connectivity index (χ4v) is 7.81. The van der Waals surface area contributed by atoms with Crippen LogP contribution in [0.5, 0.6) is 0 Å². The van der Waals surface area contributed by atoms with Crippen molar-refractivity contribution in [1.82, 2.24) is 14.5 Å². The minimum atomic E-state index is -0.147. The van der Waals surface area contributed by atoms with Crippen molar-refractivity contribution in [3.63, 3.8) is 0 Å². The summed E-state index contributed by atoms with van der Waals surface area (Å²) in [5.41, 5.74) is 11.1. The van der Waals surface area contributed by atoms with E-state index in [2.05, 4.69) is 148 Å². The number of hydrogen-bond acceptors (Lipinski definition) is 2. The molecule has 45 heavy (non-hydrogen) atoms. The Balaban J connectivity index is 1.52. The van der Waals surface area contributed by atoms with Crippen LogP contribution in [0.1, 0.15) is 38.8 Å². The van der Waals surface area contributed by atoms with Crippen LogP contribution in [0.25, 0.3) is 71.8 Å². The number of fused-ring (bicyclic) bond motifs is 10. The third-order valence-electron chi connectivity index (χ3n) is 10.7. The maximum absolute atomic E-state index is 5.41. The number of para-hydroxylation sites is 3. The van der Waals surface area contributed by atoms with Crippen LogP contribution < -0.4 is 0 Å². The van der Waals surface area contributed by atoms with Gasteiger partial charge in [0.2, 0.25) is 0 Å². The Morgan fingerprint density at radius 1 is 0.533 bits per heavy atom. The van der Waals surface area contributed by atoms with E-state index in [4.69, 9.17) is 9.97 Å². The van der Waals surface area contributed by atoms with Crippen LogP contribution in [-0.2, 0) is 10.8 Å². The summed E-state index contributed by atoms with van der Waals surface area (Å²) in [6, 6.07) is 45.7. The zero-order valence-electron chi connectivity index (χ0n) is 26.0. The molecule has 3 nitrogen and oxygen atoms in total. The van der Waals surface area contributed by atoms with Gasteiger partial charge in [-0.25, -0.2) is 9.97 Å². The molecule has 0 saturated heterocycles. The fraction of sp³-hybridized carbons (Fsp3) is 0.143. The van der Waals surface area contributed by atoms with Gasteiger partial charge in [0.15, 0.2) is 5.82 Å². The number of benzene rings is 6. The molecule has 9 rings (SSSR count). The minimum Gasteiger partial charge on any atom is -0.291 e. The van der Waals surface area contributed by atoms with Gasteiger partial charge in [-0.3, -0.25) is 4.57 Å². The molecule has 0 amide bonds. The van der Waals surface area contributed by atoms with E-state index >= 15 is 0 Å². The van der Waals surface area contributed by atoms with Crippen molar-refractivity contribution in [3.8, 4) is 28.2 Å². The molecule has 0 atom stereocenters. The van der Waals surface area contributed by atoms with Crippen LogP contribution in [0.2, 0.25) is 0 Å². The fourth-order valence-electron chi connectivity index (χ4n) is 7.81. The predicted molar refractivity (Wildman–Crippen MR) is 188 cm³/mol. The van der Waals surface area contributed by atoms with E-state index in [1.807, 2.05) is 12.1 Å². The van der Waals surface area contributed by atoms with E-state index in [0.717, 1.165) is 33.6 Å². The number of rotatable bonds is 2. The molecule has 1 aliphatic rings. The Hall–Kier alpha value is -5.28. The smallest absolute Gasteiger partial charge is 0.165 e. The lowest BCUT2D eigenvalue weighted by Crippen LogP contribution is -2.43. The average molecular weight is 580 g/mol. The van der Waals surface area contributed by atoms with Crippen LogP contribution in [0.3, 0.4) is 0 Å². The van der Waals surface area contributed by atoms with Crippen LogP contribution in [0, 0.1) is 0 Å². The van der Waals surface area contributed by atoms with Crippen molar-refractivity contribution in [2.24, 2.45) is 0 Å². The van der Waals surface area contributed by atoms with Crippen molar-refractivity contribution in [1.29, 1.82) is 0 Å². The van der Waals surface area contributed by atoms with Crippen LogP contribution >= 0.6 is 0 Å². The zero-order valence-corrected chi connectivity index (χ0v) is 26.0. The molecule has 0 radical (unpaired) electrons. The first-order chi connectivity index (χ1) is 21.9. The van der Waals surface area contributed by atoms with E-state index in [1.165, 1.54) is 49.3 Å².